The zero-order valence-corrected chi connectivity index (χ0v) is 73.4. The molecule has 2 aromatic rings. The number of aryl methyl sites for hydroxylation is 4. The molecule has 1 heterocycles. The summed E-state index contributed by atoms with van der Waals surface area (Å²) >= 11 is 0. The van der Waals surface area contributed by atoms with Crippen molar-refractivity contribution in [1.29, 1.82) is 0 Å². The number of rotatable bonds is 72. The van der Waals surface area contributed by atoms with Crippen LogP contribution in [-0.4, -0.2) is 4.70 Å². The van der Waals surface area contributed by atoms with Gasteiger partial charge in [0, 0.05) is 22.3 Å². The van der Waals surface area contributed by atoms with Crippen molar-refractivity contribution >= 4 is 11.4 Å². The Morgan fingerprint density at radius 3 is 0.553 bits per heavy atom. The van der Waals surface area contributed by atoms with E-state index < -0.39 is 0 Å². The number of hydrogen-bond donors (Lipinski definition) is 0. The third-order valence-corrected chi connectivity index (χ3v) is 22.9. The fourth-order valence-electron chi connectivity index (χ4n) is 16.3. The fourth-order valence-corrected chi connectivity index (χ4v) is 16.3. The quantitative estimate of drug-likeness (QED) is 0.0273. The Morgan fingerprint density at radius 2 is 0.388 bits per heavy atom. The second-order valence-corrected chi connectivity index (χ2v) is 32.5. The summed E-state index contributed by atoms with van der Waals surface area (Å²) in [6.45, 7) is 31.0. The van der Waals surface area contributed by atoms with Crippen molar-refractivity contribution in [2.24, 2.45) is 0 Å². The minimum absolute atomic E-state index is 0. The Labute approximate surface area is 662 Å². The largest absolute Gasteiger partial charge is 2.00 e. The maximum Gasteiger partial charge on any atom is 2.00 e. The van der Waals surface area contributed by atoms with Crippen LogP contribution in [0.1, 0.15) is 538 Å². The number of benzene rings is 2. The Bertz CT molecular complexity index is 1970. The number of allylic oxidation sites excluding steroid dienone is 2. The van der Waals surface area contributed by atoms with Crippen LogP contribution in [0, 0.1) is 13.8 Å². The van der Waals surface area contributed by atoms with E-state index in [1.807, 2.05) is 0 Å². The average molecular weight is 1520 g/mol. The molecule has 103 heavy (non-hydrogen) atoms. The van der Waals surface area contributed by atoms with Crippen LogP contribution in [0.5, 0.6) is 0 Å². The van der Waals surface area contributed by atoms with Crippen LogP contribution in [0.2, 0.25) is 0 Å². The first-order valence-corrected chi connectivity index (χ1v) is 47.1. The summed E-state index contributed by atoms with van der Waals surface area (Å²) in [7, 11) is 0. The third kappa shape index (κ3) is 52.1. The summed E-state index contributed by atoms with van der Waals surface area (Å²) < 4.78 is 1.70. The van der Waals surface area contributed by atoms with E-state index in [0.29, 0.717) is 0 Å². The van der Waals surface area contributed by atoms with Gasteiger partial charge in [0.05, 0.1) is 0 Å². The molecule has 3 rings (SSSR count). The van der Waals surface area contributed by atoms with Gasteiger partial charge in [0.15, 0.2) is 0 Å². The first-order chi connectivity index (χ1) is 50.3. The zero-order chi connectivity index (χ0) is 74.2. The van der Waals surface area contributed by atoms with E-state index in [1.54, 1.807) is 15.8 Å². The first kappa shape index (κ1) is 101. The number of unbranched alkanes of at least 4 members (excludes halogenated alkanes) is 56. The maximum atomic E-state index is 12.7. The molecule has 0 saturated heterocycles. The zero-order valence-electron chi connectivity index (χ0n) is 71.8. The molecule has 0 atom stereocenters. The second kappa shape index (κ2) is 76.9. The summed E-state index contributed by atoms with van der Waals surface area (Å²) in [5, 5.41) is 0. The van der Waals surface area contributed by atoms with Gasteiger partial charge in [-0.25, -0.2) is 4.70 Å². The molecule has 0 N–H and O–H groups in total. The normalized spacial score (nSPS) is 12.2. The minimum Gasteiger partial charge on any atom is -0.493 e. The molecule has 1 aliphatic rings. The van der Waals surface area contributed by atoms with E-state index in [4.69, 9.17) is 0 Å². The summed E-state index contributed by atoms with van der Waals surface area (Å²) in [6, 6.07) is 9.97. The number of hydrogen-bond acceptors (Lipinski definition) is 0. The van der Waals surface area contributed by atoms with Crippen LogP contribution >= 0.6 is 0 Å². The summed E-state index contributed by atoms with van der Waals surface area (Å²) in [4.78, 5) is 0. The van der Waals surface area contributed by atoms with Crippen LogP contribution in [0.3, 0.4) is 0 Å². The molecule has 0 radical (unpaired) electrons. The second-order valence-electron chi connectivity index (χ2n) is 32.5. The van der Waals surface area contributed by atoms with Gasteiger partial charge in [0.2, 0.25) is 11.4 Å². The van der Waals surface area contributed by atoms with E-state index in [1.165, 1.54) is 443 Å². The predicted molar refractivity (Wildman–Crippen MR) is 465 cm³/mol. The van der Waals surface area contributed by atoms with Gasteiger partial charge in [-0.05, 0) is 148 Å². The van der Waals surface area contributed by atoms with Gasteiger partial charge in [0.1, 0.15) is 0 Å². The third-order valence-electron chi connectivity index (χ3n) is 22.9. The minimum atomic E-state index is 0. The Kier molecular flexibility index (Phi) is 75.6. The van der Waals surface area contributed by atoms with Crippen molar-refractivity contribution in [3.8, 4) is 0 Å². The molecule has 2 aromatic carbocycles. The Balaban J connectivity index is 0.00000166. The molecule has 0 aromatic heterocycles. The van der Waals surface area contributed by atoms with Gasteiger partial charge in [-0.15, -0.1) is 0 Å². The van der Waals surface area contributed by atoms with Gasteiger partial charge in [0.25, 0.3) is 0 Å². The van der Waals surface area contributed by atoms with Gasteiger partial charge in [-0.3, -0.25) is 0 Å². The van der Waals surface area contributed by atoms with Crippen LogP contribution in [0.4, 0.5) is 0 Å². The molecule has 0 saturated carbocycles. The summed E-state index contributed by atoms with van der Waals surface area (Å²) in [6.07, 6.45) is 97.9. The van der Waals surface area contributed by atoms with E-state index >= 15 is 0 Å². The average Bonchev–Trinajstić information content (AvgIpc) is 1.61. The van der Waals surface area contributed by atoms with Crippen LogP contribution in [0.25, 0.3) is 16.9 Å². The summed E-state index contributed by atoms with van der Waals surface area (Å²) in [5.41, 5.74) is 29.4. The summed E-state index contributed by atoms with van der Waals surface area (Å²) in [5.74, 6) is 0. The van der Waals surface area contributed by atoms with Crippen LogP contribution < -0.4 is 0 Å². The monoisotopic (exact) mass is 1520 g/mol. The van der Waals surface area contributed by atoms with Crippen LogP contribution in [0.15, 0.2) is 35.4 Å². The molecular formula is C100H182N2Pd. The predicted octanol–water partition coefficient (Wildman–Crippen LogP) is 35.7. The van der Waals surface area contributed by atoms with Crippen molar-refractivity contribution < 1.29 is 25.1 Å². The van der Waals surface area contributed by atoms with E-state index in [9.17, 15) is 5.53 Å². The molecule has 0 bridgehead atoms. The van der Waals surface area contributed by atoms with Gasteiger partial charge in [-0.1, -0.05) is 429 Å². The molecule has 602 valence electrons. The van der Waals surface area contributed by atoms with Gasteiger partial charge in [-0.2, -0.15) is 12.8 Å². The van der Waals surface area contributed by atoms with Crippen molar-refractivity contribution in [2.45, 2.75) is 532 Å². The van der Waals surface area contributed by atoms with E-state index in [-0.39, 0.29) is 20.4 Å². The van der Waals surface area contributed by atoms with E-state index in [0.717, 1.165) is 75.6 Å². The molecule has 0 unspecified atom stereocenters. The molecule has 0 spiro atoms. The molecule has 0 aliphatic carbocycles. The van der Waals surface area contributed by atoms with Crippen molar-refractivity contribution in [2.75, 3.05) is 0 Å². The topological polar surface area (TPSA) is 25.3 Å². The molecule has 1 aliphatic heterocycles. The maximum absolute atomic E-state index is 12.7. The van der Waals surface area contributed by atoms with E-state index in [2.05, 4.69) is 107 Å². The van der Waals surface area contributed by atoms with Crippen LogP contribution in [-0.2, 0) is 58.9 Å². The Hall–Kier alpha value is -1.82. The molecule has 0 amide bonds. The van der Waals surface area contributed by atoms with Gasteiger partial charge < -0.3 is 19.4 Å². The van der Waals surface area contributed by atoms with Crippen molar-refractivity contribution in [3.63, 3.8) is 0 Å². The molecule has 0 fully saturated rings. The van der Waals surface area contributed by atoms with Crippen molar-refractivity contribution in [3.05, 3.63) is 99.3 Å². The van der Waals surface area contributed by atoms with Crippen molar-refractivity contribution in [1.82, 2.24) is 0 Å². The fraction of sp³-hybridized carbons (Fsp3) is 0.820. The Morgan fingerprint density at radius 1 is 0.223 bits per heavy atom. The molecular weight excluding hydrogens is 1340 g/mol. The smallest absolute Gasteiger partial charge is 0.493 e. The first-order valence-electron chi connectivity index (χ1n) is 47.1. The SMILES string of the molecule is CCCCCCC1=C(c2cc(CCCC)c(CC)c(CCCC)c2)[N+](=[N-])C(c2cc(CCCC)c(CC)c(CCCC)c2)=C1CCCCCC.[CH2-]CCCCCCCCCCCCCCCCCCCCCCCCC.[CH2-]CCCCCCCCCCCCCCCCCCCCCCCCC.[Pd+2]. The van der Waals surface area contributed by atoms with Gasteiger partial charge >= 0.3 is 20.4 Å². The standard InChI is InChI=1S/C48H76N2.2C26H53.Pd/c1-9-17-23-25-31-45-46(32-26-24-18-10-2)48(42-35-39(29-21-13-5)44(16-8)40(36-42)30-22-14-6)50(49)47(45)41-33-37(27-19-11-3)43(15-7)38(34-41)28-20-12-4;2*1-3-5-7-9-11-13-15-17-19-21-23-25-26-24-22-20-18-16-14-12-10-8-6-4-2;/h33-36H,9-32H2,1-8H3;2*1,3-26H2,2H3;/q;2*-1;+2. The molecule has 2 nitrogen and oxygen atoms in total. The molecule has 3 heteroatoms. The number of nitrogens with zero attached hydrogens (tertiary/aromatic N) is 2.